The van der Waals surface area contributed by atoms with E-state index in [9.17, 15) is 4.79 Å². The molecule has 25 heavy (non-hydrogen) atoms. The van der Waals surface area contributed by atoms with Crippen LogP contribution in [0, 0.1) is 11.3 Å². The molecule has 1 N–H and O–H groups in total. The van der Waals surface area contributed by atoms with Crippen LogP contribution in [0.3, 0.4) is 0 Å². The molecule has 5 heteroatoms. The lowest BCUT2D eigenvalue weighted by Crippen LogP contribution is -2.41. The number of para-hydroxylation sites is 1. The molecule has 130 valence electrons. The maximum atomic E-state index is 12.4. The van der Waals surface area contributed by atoms with E-state index in [1.165, 1.54) is 0 Å². The Kier molecular flexibility index (Phi) is 6.55. The Morgan fingerprint density at radius 2 is 1.80 bits per heavy atom. The zero-order valence-electron chi connectivity index (χ0n) is 14.8. The van der Waals surface area contributed by atoms with Gasteiger partial charge in [-0.25, -0.2) is 0 Å². The van der Waals surface area contributed by atoms with E-state index in [2.05, 4.69) is 16.3 Å². The van der Waals surface area contributed by atoms with Crippen LogP contribution in [0.4, 0.5) is 0 Å². The average Bonchev–Trinajstić information content (AvgIpc) is 2.62. The Morgan fingerprint density at radius 1 is 1.16 bits per heavy atom. The van der Waals surface area contributed by atoms with E-state index in [1.807, 2.05) is 44.4 Å². The van der Waals surface area contributed by atoms with Gasteiger partial charge in [0.25, 0.3) is 5.91 Å². The Bertz CT molecular complexity index is 738. The number of nitriles is 1. The maximum Gasteiger partial charge on any atom is 0.260 e. The molecule has 0 aliphatic carbocycles. The van der Waals surface area contributed by atoms with Crippen molar-refractivity contribution in [1.82, 2.24) is 10.2 Å². The molecule has 0 bridgehead atoms. The summed E-state index contributed by atoms with van der Waals surface area (Å²) in [6.45, 7) is 2.15. The van der Waals surface area contributed by atoms with Gasteiger partial charge in [-0.3, -0.25) is 4.79 Å². The van der Waals surface area contributed by atoms with E-state index in [0.29, 0.717) is 17.9 Å². The molecule has 0 aliphatic heterocycles. The number of hydrogen-bond donors (Lipinski definition) is 1. The minimum absolute atomic E-state index is 0.0729. The second-order valence-corrected chi connectivity index (χ2v) is 6.00. The van der Waals surface area contributed by atoms with Crippen molar-refractivity contribution in [3.63, 3.8) is 0 Å². The zero-order chi connectivity index (χ0) is 18.2. The molecule has 2 aromatic rings. The minimum Gasteiger partial charge on any atom is -0.480 e. The lowest BCUT2D eigenvalue weighted by molar-refractivity contribution is -0.127. The molecule has 0 spiro atoms. The number of carbonyl (C=O) groups is 1. The number of hydrogen-bond acceptors (Lipinski definition) is 4. The van der Waals surface area contributed by atoms with E-state index >= 15 is 0 Å². The molecule has 2 atom stereocenters. The normalized spacial score (nSPS) is 12.9. The average molecular weight is 337 g/mol. The summed E-state index contributed by atoms with van der Waals surface area (Å²) in [4.78, 5) is 14.4. The van der Waals surface area contributed by atoms with Crippen molar-refractivity contribution >= 4 is 5.91 Å². The highest BCUT2D eigenvalue weighted by Crippen LogP contribution is 2.19. The van der Waals surface area contributed by atoms with Crippen LogP contribution in [0.2, 0.25) is 0 Å². The van der Waals surface area contributed by atoms with Crippen LogP contribution < -0.4 is 10.1 Å². The van der Waals surface area contributed by atoms with Gasteiger partial charge >= 0.3 is 0 Å². The van der Waals surface area contributed by atoms with Gasteiger partial charge in [-0.1, -0.05) is 42.5 Å². The fraction of sp³-hybridized carbons (Fsp3) is 0.300. The predicted molar refractivity (Wildman–Crippen MR) is 97.1 cm³/mol. The largest absolute Gasteiger partial charge is 0.480 e. The molecule has 0 aromatic heterocycles. The molecule has 2 rings (SSSR count). The van der Waals surface area contributed by atoms with Crippen LogP contribution in [0.5, 0.6) is 5.75 Å². The van der Waals surface area contributed by atoms with Crippen molar-refractivity contribution < 1.29 is 9.53 Å². The molecule has 0 radical (unpaired) electrons. The van der Waals surface area contributed by atoms with Crippen molar-refractivity contribution in [2.75, 3.05) is 20.6 Å². The van der Waals surface area contributed by atoms with Crippen LogP contribution in [-0.4, -0.2) is 37.6 Å². The molecule has 2 unspecified atom stereocenters. The number of carbonyl (C=O) groups excluding carboxylic acids is 1. The summed E-state index contributed by atoms with van der Waals surface area (Å²) in [6.07, 6.45) is -0.687. The van der Waals surface area contributed by atoms with Gasteiger partial charge in [0, 0.05) is 6.54 Å². The third-order valence-corrected chi connectivity index (χ3v) is 3.96. The fourth-order valence-corrected chi connectivity index (χ4v) is 2.52. The Labute approximate surface area is 148 Å². The van der Waals surface area contributed by atoms with Crippen LogP contribution in [0.25, 0.3) is 0 Å². The summed E-state index contributed by atoms with van der Waals surface area (Å²) in [6, 6.07) is 19.0. The molecular formula is C20H23N3O2. The first-order valence-electron chi connectivity index (χ1n) is 8.17. The number of nitrogens with one attached hydrogen (secondary N) is 1. The Hall–Kier alpha value is -2.84. The van der Waals surface area contributed by atoms with Crippen molar-refractivity contribution in [2.45, 2.75) is 19.1 Å². The molecule has 2 aromatic carbocycles. The van der Waals surface area contributed by atoms with Crippen LogP contribution >= 0.6 is 0 Å². The zero-order valence-corrected chi connectivity index (χ0v) is 14.8. The van der Waals surface area contributed by atoms with E-state index < -0.39 is 6.10 Å². The highest BCUT2D eigenvalue weighted by atomic mass is 16.5. The SMILES string of the molecule is CC(Oc1ccccc1C#N)C(=O)NCC(c1ccccc1)N(C)C. The Morgan fingerprint density at radius 3 is 2.44 bits per heavy atom. The highest BCUT2D eigenvalue weighted by molar-refractivity contribution is 5.80. The van der Waals surface area contributed by atoms with Crippen LogP contribution in [0.15, 0.2) is 54.6 Å². The number of nitrogens with zero attached hydrogens (tertiary/aromatic N) is 2. The van der Waals surface area contributed by atoms with Gasteiger partial charge < -0.3 is 15.0 Å². The molecular weight excluding hydrogens is 314 g/mol. The van der Waals surface area contributed by atoms with E-state index in [0.717, 1.165) is 5.56 Å². The second-order valence-electron chi connectivity index (χ2n) is 6.00. The first-order valence-corrected chi connectivity index (χ1v) is 8.17. The lowest BCUT2D eigenvalue weighted by atomic mass is 10.1. The number of likely N-dealkylation sites (N-methyl/N-ethyl adjacent to an activating group) is 1. The van der Waals surface area contributed by atoms with Gasteiger partial charge in [-0.2, -0.15) is 5.26 Å². The number of amides is 1. The fourth-order valence-electron chi connectivity index (χ4n) is 2.52. The molecule has 0 saturated heterocycles. The van der Waals surface area contributed by atoms with Crippen molar-refractivity contribution in [2.24, 2.45) is 0 Å². The Balaban J connectivity index is 1.97. The summed E-state index contributed by atoms with van der Waals surface area (Å²) in [5.41, 5.74) is 1.55. The summed E-state index contributed by atoms with van der Waals surface area (Å²) >= 11 is 0. The third-order valence-electron chi connectivity index (χ3n) is 3.96. The number of ether oxygens (including phenoxy) is 1. The topological polar surface area (TPSA) is 65.4 Å². The lowest BCUT2D eigenvalue weighted by Gasteiger charge is -2.26. The number of benzene rings is 2. The van der Waals surface area contributed by atoms with Gasteiger partial charge in [0.05, 0.1) is 11.6 Å². The summed E-state index contributed by atoms with van der Waals surface area (Å²) in [5, 5.41) is 12.0. The molecule has 0 aliphatic rings. The first kappa shape index (κ1) is 18.5. The molecule has 5 nitrogen and oxygen atoms in total. The maximum absolute atomic E-state index is 12.4. The predicted octanol–water partition coefficient (Wildman–Crippen LogP) is 2.74. The van der Waals surface area contributed by atoms with Gasteiger partial charge in [0.2, 0.25) is 0 Å². The monoisotopic (exact) mass is 337 g/mol. The molecule has 0 saturated carbocycles. The summed E-state index contributed by atoms with van der Waals surface area (Å²) in [5.74, 6) is 0.204. The van der Waals surface area contributed by atoms with Gasteiger partial charge in [0.1, 0.15) is 11.8 Å². The highest BCUT2D eigenvalue weighted by Gasteiger charge is 2.19. The number of rotatable bonds is 7. The van der Waals surface area contributed by atoms with Crippen molar-refractivity contribution in [3.05, 3.63) is 65.7 Å². The molecule has 0 fully saturated rings. The van der Waals surface area contributed by atoms with Crippen LogP contribution in [0.1, 0.15) is 24.1 Å². The second kappa shape index (κ2) is 8.86. The van der Waals surface area contributed by atoms with Gasteiger partial charge in [-0.05, 0) is 38.7 Å². The van der Waals surface area contributed by atoms with E-state index in [-0.39, 0.29) is 11.9 Å². The minimum atomic E-state index is -0.687. The van der Waals surface area contributed by atoms with E-state index in [4.69, 9.17) is 10.00 Å². The van der Waals surface area contributed by atoms with Crippen LogP contribution in [-0.2, 0) is 4.79 Å². The first-order chi connectivity index (χ1) is 12.0. The quantitative estimate of drug-likeness (QED) is 0.844. The summed E-state index contributed by atoms with van der Waals surface area (Å²) < 4.78 is 5.65. The van der Waals surface area contributed by atoms with Gasteiger partial charge in [0.15, 0.2) is 6.10 Å². The standard InChI is InChI=1S/C20H23N3O2/c1-15(25-19-12-8-7-11-17(19)13-21)20(24)22-14-18(23(2)3)16-9-5-4-6-10-16/h4-12,15,18H,14H2,1-3H3,(H,22,24). The smallest absolute Gasteiger partial charge is 0.260 e. The van der Waals surface area contributed by atoms with Crippen molar-refractivity contribution in [3.8, 4) is 11.8 Å². The third kappa shape index (κ3) is 5.07. The molecule has 0 heterocycles. The van der Waals surface area contributed by atoms with Crippen molar-refractivity contribution in [1.29, 1.82) is 5.26 Å². The van der Waals surface area contributed by atoms with Gasteiger partial charge in [-0.15, -0.1) is 0 Å². The molecule has 1 amide bonds. The summed E-state index contributed by atoms with van der Waals surface area (Å²) in [7, 11) is 3.96. The van der Waals surface area contributed by atoms with E-state index in [1.54, 1.807) is 31.2 Å².